The molecule has 6 heteroatoms. The van der Waals surface area contributed by atoms with Gasteiger partial charge >= 0.3 is 0 Å². The predicted octanol–water partition coefficient (Wildman–Crippen LogP) is 5.89. The third-order valence-electron chi connectivity index (χ3n) is 4.70. The van der Waals surface area contributed by atoms with Crippen LogP contribution in [-0.2, 0) is 19.3 Å². The number of nitrogens with one attached hydrogen (secondary N) is 1. The molecule has 1 aromatic carbocycles. The number of hydrogen-bond acceptors (Lipinski definition) is 4. The number of carbonyl (C=O) groups excluding carboxylic acids is 1. The molecule has 0 saturated carbocycles. The molecule has 3 aromatic rings. The first-order valence-electron chi connectivity index (χ1n) is 8.71. The molecular formula is C20H19ClN2OS2. The molecule has 1 aliphatic carbocycles. The Morgan fingerprint density at radius 3 is 2.81 bits per heavy atom. The van der Waals surface area contributed by atoms with Gasteiger partial charge in [0.1, 0.15) is 0 Å². The van der Waals surface area contributed by atoms with E-state index >= 15 is 0 Å². The van der Waals surface area contributed by atoms with Gasteiger partial charge < -0.3 is 0 Å². The van der Waals surface area contributed by atoms with Crippen molar-refractivity contribution in [2.75, 3.05) is 5.32 Å². The fourth-order valence-electron chi connectivity index (χ4n) is 3.28. The monoisotopic (exact) mass is 402 g/mol. The zero-order chi connectivity index (χ0) is 18.1. The Bertz CT molecular complexity index is 943. The van der Waals surface area contributed by atoms with Crippen LogP contribution in [0.1, 0.15) is 49.8 Å². The van der Waals surface area contributed by atoms with Gasteiger partial charge in [-0.15, -0.1) is 22.7 Å². The van der Waals surface area contributed by atoms with Crippen molar-refractivity contribution in [3.63, 3.8) is 0 Å². The van der Waals surface area contributed by atoms with Crippen molar-refractivity contribution in [2.24, 2.45) is 0 Å². The van der Waals surface area contributed by atoms with E-state index in [4.69, 9.17) is 11.6 Å². The summed E-state index contributed by atoms with van der Waals surface area (Å²) in [5, 5.41) is 6.42. The predicted molar refractivity (Wildman–Crippen MR) is 110 cm³/mol. The molecule has 134 valence electrons. The Kier molecular flexibility index (Phi) is 5.11. The lowest BCUT2D eigenvalue weighted by Crippen LogP contribution is -2.14. The second-order valence-electron chi connectivity index (χ2n) is 6.54. The first-order chi connectivity index (χ1) is 12.6. The summed E-state index contributed by atoms with van der Waals surface area (Å²) in [6.07, 6.45) is 5.32. The van der Waals surface area contributed by atoms with Gasteiger partial charge in [-0.3, -0.25) is 10.1 Å². The number of thiazole rings is 1. The van der Waals surface area contributed by atoms with Gasteiger partial charge in [0, 0.05) is 26.6 Å². The molecule has 0 fully saturated rings. The minimum Gasteiger partial charge on any atom is -0.298 e. The quantitative estimate of drug-likeness (QED) is 0.591. The van der Waals surface area contributed by atoms with Gasteiger partial charge in [0.2, 0.25) is 0 Å². The van der Waals surface area contributed by atoms with Crippen LogP contribution in [0.15, 0.2) is 29.6 Å². The summed E-state index contributed by atoms with van der Waals surface area (Å²) < 4.78 is 0. The van der Waals surface area contributed by atoms with Gasteiger partial charge in [-0.2, -0.15) is 0 Å². The molecule has 0 bridgehead atoms. The Labute approximate surface area is 166 Å². The van der Waals surface area contributed by atoms with Gasteiger partial charge in [-0.05, 0) is 55.9 Å². The van der Waals surface area contributed by atoms with Gasteiger partial charge in [0.05, 0.1) is 11.3 Å². The summed E-state index contributed by atoms with van der Waals surface area (Å²) in [6, 6.07) is 7.85. The molecule has 2 heterocycles. The highest BCUT2D eigenvalue weighted by Gasteiger charge is 2.21. The highest BCUT2D eigenvalue weighted by molar-refractivity contribution is 7.16. The number of rotatable bonds is 4. The van der Waals surface area contributed by atoms with E-state index in [0.717, 1.165) is 40.4 Å². The first-order valence-corrected chi connectivity index (χ1v) is 10.8. The van der Waals surface area contributed by atoms with E-state index in [-0.39, 0.29) is 5.91 Å². The second-order valence-corrected chi connectivity index (χ2v) is 9.03. The fourth-order valence-corrected chi connectivity index (χ4v) is 5.53. The van der Waals surface area contributed by atoms with Crippen LogP contribution in [0.5, 0.6) is 0 Å². The van der Waals surface area contributed by atoms with Crippen molar-refractivity contribution in [2.45, 2.75) is 39.0 Å². The summed E-state index contributed by atoms with van der Waals surface area (Å²) >= 11 is 9.21. The highest BCUT2D eigenvalue weighted by Crippen LogP contribution is 2.31. The standard InChI is InChI=1S/C20H19ClN2OS2/c1-12-18(10-13-6-8-14(21)9-7-13)26-20(22-12)23-19(24)16-11-25-17-5-3-2-4-15(16)17/h6-9,11H,2-5,10H2,1H3,(H,22,23,24). The molecule has 0 radical (unpaired) electrons. The fraction of sp³-hybridized carbons (Fsp3) is 0.300. The molecule has 0 saturated heterocycles. The van der Waals surface area contributed by atoms with E-state index in [1.807, 2.05) is 36.6 Å². The number of fused-ring (bicyclic) bond motifs is 1. The smallest absolute Gasteiger partial charge is 0.258 e. The second kappa shape index (κ2) is 7.51. The number of hydrogen-bond donors (Lipinski definition) is 1. The van der Waals surface area contributed by atoms with E-state index in [0.29, 0.717) is 5.13 Å². The lowest BCUT2D eigenvalue weighted by Gasteiger charge is -2.12. The van der Waals surface area contributed by atoms with Crippen LogP contribution in [0.4, 0.5) is 5.13 Å². The van der Waals surface area contributed by atoms with E-state index in [9.17, 15) is 4.79 Å². The number of amides is 1. The zero-order valence-electron chi connectivity index (χ0n) is 14.5. The number of nitrogens with zero attached hydrogens (tertiary/aromatic N) is 1. The highest BCUT2D eigenvalue weighted by atomic mass is 35.5. The van der Waals surface area contributed by atoms with Gasteiger partial charge in [-0.25, -0.2) is 4.98 Å². The Morgan fingerprint density at radius 1 is 1.23 bits per heavy atom. The van der Waals surface area contributed by atoms with Gasteiger partial charge in [0.25, 0.3) is 5.91 Å². The maximum Gasteiger partial charge on any atom is 0.258 e. The molecule has 1 N–H and O–H groups in total. The molecule has 0 unspecified atom stereocenters. The van der Waals surface area contributed by atoms with E-state index < -0.39 is 0 Å². The Hall–Kier alpha value is -1.69. The average Bonchev–Trinajstić information content (AvgIpc) is 3.20. The largest absolute Gasteiger partial charge is 0.298 e. The molecule has 3 nitrogen and oxygen atoms in total. The Balaban J connectivity index is 1.49. The summed E-state index contributed by atoms with van der Waals surface area (Å²) in [4.78, 5) is 19.8. The zero-order valence-corrected chi connectivity index (χ0v) is 16.9. The maximum absolute atomic E-state index is 12.7. The van der Waals surface area contributed by atoms with Crippen molar-refractivity contribution in [3.05, 3.63) is 66.8 Å². The van der Waals surface area contributed by atoms with Crippen LogP contribution < -0.4 is 5.32 Å². The van der Waals surface area contributed by atoms with Gasteiger partial charge in [-0.1, -0.05) is 23.7 Å². The van der Waals surface area contributed by atoms with Crippen molar-refractivity contribution in [1.29, 1.82) is 0 Å². The minimum absolute atomic E-state index is 0.0313. The summed E-state index contributed by atoms with van der Waals surface area (Å²) in [6.45, 7) is 1.99. The minimum atomic E-state index is -0.0313. The number of aryl methyl sites for hydroxylation is 2. The van der Waals surface area contributed by atoms with Crippen LogP contribution in [0, 0.1) is 6.92 Å². The Morgan fingerprint density at radius 2 is 2.00 bits per heavy atom. The van der Waals surface area contributed by atoms with Crippen LogP contribution >= 0.6 is 34.3 Å². The lowest BCUT2D eigenvalue weighted by molar-refractivity contribution is 0.102. The summed E-state index contributed by atoms with van der Waals surface area (Å²) in [7, 11) is 0. The molecule has 1 aliphatic rings. The van der Waals surface area contributed by atoms with Crippen molar-refractivity contribution < 1.29 is 4.79 Å². The van der Waals surface area contributed by atoms with E-state index in [2.05, 4.69) is 10.3 Å². The third kappa shape index (κ3) is 3.70. The molecular weight excluding hydrogens is 384 g/mol. The van der Waals surface area contributed by atoms with Crippen molar-refractivity contribution in [1.82, 2.24) is 4.98 Å². The number of aromatic nitrogens is 1. The SMILES string of the molecule is Cc1nc(NC(=O)c2csc3c2CCCC3)sc1Cc1ccc(Cl)cc1. The third-order valence-corrected chi connectivity index (χ3v) is 7.11. The van der Waals surface area contributed by atoms with Crippen molar-refractivity contribution >= 4 is 45.3 Å². The first kappa shape index (κ1) is 17.7. The van der Waals surface area contributed by atoms with Gasteiger partial charge in [0.15, 0.2) is 5.13 Å². The maximum atomic E-state index is 12.7. The molecule has 26 heavy (non-hydrogen) atoms. The molecule has 0 spiro atoms. The summed E-state index contributed by atoms with van der Waals surface area (Å²) in [5.41, 5.74) is 4.23. The van der Waals surface area contributed by atoms with Crippen LogP contribution in [0.3, 0.4) is 0 Å². The number of halogens is 1. The summed E-state index contributed by atoms with van der Waals surface area (Å²) in [5.74, 6) is -0.0313. The number of benzene rings is 1. The van der Waals surface area contributed by atoms with E-state index in [1.165, 1.54) is 28.8 Å². The van der Waals surface area contributed by atoms with Crippen molar-refractivity contribution in [3.8, 4) is 0 Å². The number of anilines is 1. The number of carbonyl (C=O) groups is 1. The van der Waals surface area contributed by atoms with Crippen LogP contribution in [0.25, 0.3) is 0 Å². The topological polar surface area (TPSA) is 42.0 Å². The molecule has 4 rings (SSSR count). The molecule has 0 aliphatic heterocycles. The normalized spacial score (nSPS) is 13.5. The average molecular weight is 403 g/mol. The van der Waals surface area contributed by atoms with Crippen LogP contribution in [0.2, 0.25) is 5.02 Å². The molecule has 0 atom stereocenters. The number of thiophene rings is 1. The van der Waals surface area contributed by atoms with E-state index in [1.54, 1.807) is 22.7 Å². The molecule has 2 aromatic heterocycles. The lowest BCUT2D eigenvalue weighted by atomic mass is 9.96. The van der Waals surface area contributed by atoms with Crippen LogP contribution in [-0.4, -0.2) is 10.9 Å². The molecule has 1 amide bonds.